The Labute approximate surface area is 181 Å². The molecule has 0 aliphatic carbocycles. The summed E-state index contributed by atoms with van der Waals surface area (Å²) in [7, 11) is 1.93. The Morgan fingerprint density at radius 2 is 2.07 bits per heavy atom. The van der Waals surface area contributed by atoms with Crippen LogP contribution in [0.1, 0.15) is 31.9 Å². The van der Waals surface area contributed by atoms with E-state index in [0.29, 0.717) is 0 Å². The third kappa shape index (κ3) is 4.73. The number of thiophene rings is 1. The standard InChI is InChI=1S/C23H28N4O2S/c1-17(7-8-19-5-3-15-29-19)26(2)23(28)18-11-13-27(14-12-18)22-10-9-20(24-25-22)21-6-4-16-30-21/h3-6,9-10,15-18H,7-8,11-14H2,1-2H3. The van der Waals surface area contributed by atoms with E-state index in [2.05, 4.69) is 28.1 Å². The summed E-state index contributed by atoms with van der Waals surface area (Å²) in [6, 6.07) is 12.2. The first-order valence-corrected chi connectivity index (χ1v) is 11.4. The number of nitrogens with zero attached hydrogens (tertiary/aromatic N) is 4. The number of anilines is 1. The van der Waals surface area contributed by atoms with Crippen LogP contribution in [0.4, 0.5) is 5.82 Å². The fourth-order valence-corrected chi connectivity index (χ4v) is 4.60. The Bertz CT molecular complexity index is 917. The van der Waals surface area contributed by atoms with Crippen molar-refractivity contribution in [2.75, 3.05) is 25.0 Å². The van der Waals surface area contributed by atoms with Gasteiger partial charge in [0.1, 0.15) is 11.5 Å². The number of hydrogen-bond acceptors (Lipinski definition) is 6. The third-order valence-electron chi connectivity index (χ3n) is 5.99. The molecule has 4 rings (SSSR count). The molecule has 0 saturated carbocycles. The highest BCUT2D eigenvalue weighted by molar-refractivity contribution is 7.13. The molecule has 1 amide bonds. The molecule has 1 atom stereocenters. The van der Waals surface area contributed by atoms with Crippen LogP contribution in [-0.4, -0.2) is 47.2 Å². The number of hydrogen-bond donors (Lipinski definition) is 0. The van der Waals surface area contributed by atoms with Gasteiger partial charge in [0.2, 0.25) is 5.91 Å². The van der Waals surface area contributed by atoms with Gasteiger partial charge in [0, 0.05) is 38.5 Å². The number of furan rings is 1. The summed E-state index contributed by atoms with van der Waals surface area (Å²) in [6.45, 7) is 3.77. The van der Waals surface area contributed by atoms with Crippen LogP contribution in [0.25, 0.3) is 10.6 Å². The van der Waals surface area contributed by atoms with E-state index in [0.717, 1.165) is 60.9 Å². The molecule has 1 fully saturated rings. The number of amides is 1. The van der Waals surface area contributed by atoms with Crippen molar-refractivity contribution in [3.63, 3.8) is 0 Å². The fourth-order valence-electron chi connectivity index (χ4n) is 3.91. The van der Waals surface area contributed by atoms with Crippen LogP contribution in [0.5, 0.6) is 0 Å². The molecule has 0 aromatic carbocycles. The smallest absolute Gasteiger partial charge is 0.225 e. The molecule has 6 nitrogen and oxygen atoms in total. The van der Waals surface area contributed by atoms with E-state index in [-0.39, 0.29) is 17.9 Å². The molecule has 1 unspecified atom stereocenters. The Morgan fingerprint density at radius 3 is 2.70 bits per heavy atom. The van der Waals surface area contributed by atoms with E-state index in [9.17, 15) is 4.79 Å². The molecular weight excluding hydrogens is 396 g/mol. The van der Waals surface area contributed by atoms with Gasteiger partial charge in [-0.05, 0) is 61.9 Å². The molecule has 3 aromatic heterocycles. The highest BCUT2D eigenvalue weighted by Gasteiger charge is 2.29. The highest BCUT2D eigenvalue weighted by atomic mass is 32.1. The average Bonchev–Trinajstić information content (AvgIpc) is 3.51. The van der Waals surface area contributed by atoms with Crippen molar-refractivity contribution in [2.24, 2.45) is 5.92 Å². The maximum atomic E-state index is 13.0. The average molecular weight is 425 g/mol. The lowest BCUT2D eigenvalue weighted by Crippen LogP contribution is -2.44. The minimum atomic E-state index is 0.0793. The molecule has 158 valence electrons. The topological polar surface area (TPSA) is 62.5 Å². The number of piperidine rings is 1. The predicted molar refractivity (Wildman–Crippen MR) is 120 cm³/mol. The Kier molecular flexibility index (Phi) is 6.47. The first-order valence-electron chi connectivity index (χ1n) is 10.5. The molecular formula is C23H28N4O2S. The van der Waals surface area contributed by atoms with E-state index in [1.807, 2.05) is 47.7 Å². The van der Waals surface area contributed by atoms with Gasteiger partial charge >= 0.3 is 0 Å². The van der Waals surface area contributed by atoms with Crippen LogP contribution in [0, 0.1) is 5.92 Å². The van der Waals surface area contributed by atoms with Crippen LogP contribution in [0.2, 0.25) is 0 Å². The van der Waals surface area contributed by atoms with Crippen LogP contribution in [-0.2, 0) is 11.2 Å². The Morgan fingerprint density at radius 1 is 1.23 bits per heavy atom. The molecule has 0 N–H and O–H groups in total. The number of aromatic nitrogens is 2. The summed E-state index contributed by atoms with van der Waals surface area (Å²) in [4.78, 5) is 18.3. The number of carbonyl (C=O) groups excluding carboxylic acids is 1. The lowest BCUT2D eigenvalue weighted by molar-refractivity contribution is -0.136. The van der Waals surface area contributed by atoms with Gasteiger partial charge in [0.25, 0.3) is 0 Å². The third-order valence-corrected chi connectivity index (χ3v) is 6.88. The van der Waals surface area contributed by atoms with Crippen molar-refractivity contribution >= 4 is 23.1 Å². The molecule has 0 bridgehead atoms. The minimum Gasteiger partial charge on any atom is -0.469 e. The van der Waals surface area contributed by atoms with E-state index >= 15 is 0 Å². The van der Waals surface area contributed by atoms with Crippen LogP contribution < -0.4 is 4.90 Å². The maximum Gasteiger partial charge on any atom is 0.225 e. The fraction of sp³-hybridized carbons (Fsp3) is 0.435. The normalized spacial score (nSPS) is 15.9. The molecule has 4 heterocycles. The van der Waals surface area contributed by atoms with Gasteiger partial charge in [-0.3, -0.25) is 4.79 Å². The zero-order chi connectivity index (χ0) is 20.9. The molecule has 1 aliphatic heterocycles. The largest absolute Gasteiger partial charge is 0.469 e. The van der Waals surface area contributed by atoms with Gasteiger partial charge < -0.3 is 14.2 Å². The van der Waals surface area contributed by atoms with Crippen LogP contribution >= 0.6 is 11.3 Å². The Balaban J connectivity index is 1.27. The predicted octanol–water partition coefficient (Wildman–Crippen LogP) is 4.49. The summed E-state index contributed by atoms with van der Waals surface area (Å²) in [5.41, 5.74) is 0.906. The van der Waals surface area contributed by atoms with Crippen molar-refractivity contribution in [1.82, 2.24) is 15.1 Å². The highest BCUT2D eigenvalue weighted by Crippen LogP contribution is 2.26. The number of aryl methyl sites for hydroxylation is 1. The summed E-state index contributed by atoms with van der Waals surface area (Å²) >= 11 is 1.66. The minimum absolute atomic E-state index is 0.0793. The molecule has 7 heteroatoms. The number of carbonyl (C=O) groups is 1. The lowest BCUT2D eigenvalue weighted by Gasteiger charge is -2.35. The van der Waals surface area contributed by atoms with Gasteiger partial charge in [-0.25, -0.2) is 0 Å². The quantitative estimate of drug-likeness (QED) is 0.559. The molecule has 1 aliphatic rings. The van der Waals surface area contributed by atoms with Gasteiger partial charge in [-0.15, -0.1) is 21.5 Å². The second-order valence-electron chi connectivity index (χ2n) is 7.93. The van der Waals surface area contributed by atoms with Crippen LogP contribution in [0.15, 0.2) is 52.5 Å². The van der Waals surface area contributed by atoms with E-state index < -0.39 is 0 Å². The van der Waals surface area contributed by atoms with E-state index in [1.165, 1.54) is 0 Å². The van der Waals surface area contributed by atoms with Gasteiger partial charge in [0.15, 0.2) is 5.82 Å². The van der Waals surface area contributed by atoms with Crippen molar-refractivity contribution < 1.29 is 9.21 Å². The summed E-state index contributed by atoms with van der Waals surface area (Å²) in [6.07, 6.45) is 5.15. The first-order chi connectivity index (χ1) is 14.6. The molecule has 0 spiro atoms. The molecule has 0 radical (unpaired) electrons. The summed E-state index contributed by atoms with van der Waals surface area (Å²) in [5.74, 6) is 2.19. The van der Waals surface area contributed by atoms with Crippen molar-refractivity contribution in [2.45, 2.75) is 38.6 Å². The maximum absolute atomic E-state index is 13.0. The molecule has 30 heavy (non-hydrogen) atoms. The van der Waals surface area contributed by atoms with Gasteiger partial charge in [-0.1, -0.05) is 6.07 Å². The Hall–Kier alpha value is -2.67. The second-order valence-corrected chi connectivity index (χ2v) is 8.88. The van der Waals surface area contributed by atoms with Gasteiger partial charge in [-0.2, -0.15) is 0 Å². The molecule has 3 aromatic rings. The van der Waals surface area contributed by atoms with E-state index in [1.54, 1.807) is 17.6 Å². The first kappa shape index (κ1) is 20.6. The second kappa shape index (κ2) is 9.43. The van der Waals surface area contributed by atoms with E-state index in [4.69, 9.17) is 4.42 Å². The lowest BCUT2D eigenvalue weighted by atomic mass is 9.94. The summed E-state index contributed by atoms with van der Waals surface area (Å²) in [5, 5.41) is 10.8. The monoisotopic (exact) mass is 424 g/mol. The number of rotatable bonds is 7. The zero-order valence-corrected chi connectivity index (χ0v) is 18.3. The van der Waals surface area contributed by atoms with Gasteiger partial charge in [0.05, 0.1) is 11.1 Å². The summed E-state index contributed by atoms with van der Waals surface area (Å²) < 4.78 is 5.40. The van der Waals surface area contributed by atoms with Crippen molar-refractivity contribution in [3.8, 4) is 10.6 Å². The zero-order valence-electron chi connectivity index (χ0n) is 17.5. The SMILES string of the molecule is CC(CCc1ccco1)N(C)C(=O)C1CCN(c2ccc(-c3cccs3)nn2)CC1. The molecule has 1 saturated heterocycles. The van der Waals surface area contributed by atoms with Crippen LogP contribution in [0.3, 0.4) is 0 Å². The van der Waals surface area contributed by atoms with Crippen molar-refractivity contribution in [3.05, 3.63) is 53.8 Å². The van der Waals surface area contributed by atoms with Crippen molar-refractivity contribution in [1.29, 1.82) is 0 Å².